The Morgan fingerprint density at radius 3 is 1.64 bits per heavy atom. The van der Waals surface area contributed by atoms with Gasteiger partial charge in [-0.05, 0) is 33.5 Å². The van der Waals surface area contributed by atoms with E-state index in [1.165, 1.54) is 17.5 Å². The lowest BCUT2D eigenvalue weighted by Crippen LogP contribution is -2.68. The van der Waals surface area contributed by atoms with Gasteiger partial charge in [-0.1, -0.05) is 102 Å². The predicted octanol–water partition coefficient (Wildman–Crippen LogP) is 5.52. The lowest BCUT2D eigenvalue weighted by molar-refractivity contribution is -0.143. The summed E-state index contributed by atoms with van der Waals surface area (Å²) in [5.41, 5.74) is 0. The molecule has 0 bridgehead atoms. The van der Waals surface area contributed by atoms with Gasteiger partial charge in [-0.25, -0.2) is 0 Å². The predicted molar refractivity (Wildman–Crippen MR) is 142 cm³/mol. The van der Waals surface area contributed by atoms with E-state index in [1.54, 1.807) is 0 Å². The number of methoxy groups -OCH3 is 1. The number of rotatable bonds is 9. The molecular weight excluding hydrogens is 444 g/mol. The Labute approximate surface area is 202 Å². The van der Waals surface area contributed by atoms with Crippen molar-refractivity contribution >= 4 is 33.0 Å². The van der Waals surface area contributed by atoms with Gasteiger partial charge in [0.2, 0.25) is 0 Å². The SMILES string of the molecule is COC(=O)C[C@@H](CO[Si](C)(C)C(C)(C)C)O[Si](c1ccccc1)(c1ccccc1)C(C)(C)C. The standard InChI is InChI=1S/C27H42O4Si2/c1-26(2,3)32(8,9)30-21-22(20-25(28)29-7)31-33(27(4,5)6,23-16-12-10-13-17-23)24-18-14-11-15-19-24/h10-19,22H,20-21H2,1-9H3/t22-/m0/s1. The molecule has 0 aliphatic carbocycles. The van der Waals surface area contributed by atoms with Crippen molar-refractivity contribution in [1.82, 2.24) is 0 Å². The van der Waals surface area contributed by atoms with Crippen LogP contribution in [0.2, 0.25) is 23.2 Å². The third-order valence-electron chi connectivity index (χ3n) is 6.82. The molecule has 33 heavy (non-hydrogen) atoms. The van der Waals surface area contributed by atoms with Crippen molar-refractivity contribution in [2.75, 3.05) is 13.7 Å². The second-order valence-corrected chi connectivity index (χ2v) is 20.3. The Bertz CT molecular complexity index is 844. The molecule has 6 heteroatoms. The van der Waals surface area contributed by atoms with Crippen molar-refractivity contribution < 1.29 is 18.4 Å². The van der Waals surface area contributed by atoms with Crippen LogP contribution in [0, 0.1) is 0 Å². The Morgan fingerprint density at radius 1 is 0.818 bits per heavy atom. The molecule has 1 atom stereocenters. The smallest absolute Gasteiger partial charge is 0.308 e. The minimum Gasteiger partial charge on any atom is -0.469 e. The van der Waals surface area contributed by atoms with E-state index in [4.69, 9.17) is 13.6 Å². The largest absolute Gasteiger partial charge is 0.469 e. The van der Waals surface area contributed by atoms with E-state index in [9.17, 15) is 4.79 Å². The van der Waals surface area contributed by atoms with Gasteiger partial charge in [0.15, 0.2) is 8.32 Å². The van der Waals surface area contributed by atoms with Gasteiger partial charge in [0.25, 0.3) is 8.32 Å². The normalized spacial score (nSPS) is 14.1. The van der Waals surface area contributed by atoms with Crippen LogP contribution < -0.4 is 10.4 Å². The first kappa shape index (κ1) is 27.5. The minimum atomic E-state index is -2.81. The average molecular weight is 487 g/mol. The van der Waals surface area contributed by atoms with E-state index < -0.39 is 22.7 Å². The molecule has 0 heterocycles. The molecule has 2 aromatic rings. The Kier molecular flexibility index (Phi) is 8.90. The summed E-state index contributed by atoms with van der Waals surface area (Å²) in [6.45, 7) is 18.2. The number of carbonyl (C=O) groups is 1. The second kappa shape index (κ2) is 10.7. The van der Waals surface area contributed by atoms with Gasteiger partial charge in [-0.3, -0.25) is 4.79 Å². The zero-order valence-corrected chi connectivity index (χ0v) is 23.9. The van der Waals surface area contributed by atoms with Crippen molar-refractivity contribution in [3.8, 4) is 0 Å². The van der Waals surface area contributed by atoms with Crippen LogP contribution in [0.5, 0.6) is 0 Å². The molecule has 0 saturated heterocycles. The van der Waals surface area contributed by atoms with Crippen molar-refractivity contribution in [3.63, 3.8) is 0 Å². The Morgan fingerprint density at radius 2 is 1.27 bits per heavy atom. The van der Waals surface area contributed by atoms with Crippen LogP contribution in [-0.4, -0.2) is 42.4 Å². The summed E-state index contributed by atoms with van der Waals surface area (Å²) >= 11 is 0. The first-order chi connectivity index (χ1) is 15.2. The molecule has 0 aromatic heterocycles. The van der Waals surface area contributed by atoms with Crippen LogP contribution in [0.4, 0.5) is 0 Å². The van der Waals surface area contributed by atoms with Crippen molar-refractivity contribution in [1.29, 1.82) is 0 Å². The van der Waals surface area contributed by atoms with E-state index in [1.807, 2.05) is 12.1 Å². The van der Waals surface area contributed by atoms with Crippen molar-refractivity contribution in [3.05, 3.63) is 60.7 Å². The van der Waals surface area contributed by atoms with Gasteiger partial charge in [0.05, 0.1) is 26.2 Å². The van der Waals surface area contributed by atoms with Crippen LogP contribution >= 0.6 is 0 Å². The molecule has 0 N–H and O–H groups in total. The molecule has 0 radical (unpaired) electrons. The molecule has 0 aliphatic rings. The maximum absolute atomic E-state index is 12.4. The molecule has 0 aliphatic heterocycles. The van der Waals surface area contributed by atoms with Crippen LogP contribution in [0.15, 0.2) is 60.7 Å². The third kappa shape index (κ3) is 6.44. The molecule has 0 spiro atoms. The average Bonchev–Trinajstić information content (AvgIpc) is 2.75. The van der Waals surface area contributed by atoms with E-state index in [2.05, 4.69) is 103 Å². The summed E-state index contributed by atoms with van der Waals surface area (Å²) in [4.78, 5) is 12.4. The zero-order valence-electron chi connectivity index (χ0n) is 21.9. The number of benzene rings is 2. The monoisotopic (exact) mass is 486 g/mol. The van der Waals surface area contributed by atoms with E-state index >= 15 is 0 Å². The lowest BCUT2D eigenvalue weighted by Gasteiger charge is -2.45. The molecule has 0 amide bonds. The van der Waals surface area contributed by atoms with Crippen molar-refractivity contribution in [2.24, 2.45) is 0 Å². The molecule has 182 valence electrons. The lowest BCUT2D eigenvalue weighted by atomic mass is 10.2. The third-order valence-corrected chi connectivity index (χ3v) is 16.4. The number of carbonyl (C=O) groups excluding carboxylic acids is 1. The summed E-state index contributed by atoms with van der Waals surface area (Å²) in [5.74, 6) is -0.281. The molecule has 4 nitrogen and oxygen atoms in total. The fourth-order valence-corrected chi connectivity index (χ4v) is 9.56. The van der Waals surface area contributed by atoms with Crippen LogP contribution in [0.1, 0.15) is 48.0 Å². The van der Waals surface area contributed by atoms with Gasteiger partial charge in [0, 0.05) is 0 Å². The fraction of sp³-hybridized carbons (Fsp3) is 0.519. The first-order valence-electron chi connectivity index (χ1n) is 11.7. The highest BCUT2D eigenvalue weighted by atomic mass is 28.4. The molecule has 2 rings (SSSR count). The van der Waals surface area contributed by atoms with Gasteiger partial charge < -0.3 is 13.6 Å². The first-order valence-corrected chi connectivity index (χ1v) is 16.6. The summed E-state index contributed by atoms with van der Waals surface area (Å²) in [6.07, 6.45) is -0.242. The maximum Gasteiger partial charge on any atom is 0.308 e. The molecule has 2 aromatic carbocycles. The zero-order chi connectivity index (χ0) is 24.9. The van der Waals surface area contributed by atoms with Gasteiger partial charge in [-0.15, -0.1) is 0 Å². The maximum atomic E-state index is 12.4. The summed E-state index contributed by atoms with van der Waals surface area (Å²) < 4.78 is 18.8. The molecule has 0 fully saturated rings. The highest BCUT2D eigenvalue weighted by Gasteiger charge is 2.52. The highest BCUT2D eigenvalue weighted by Crippen LogP contribution is 2.39. The van der Waals surface area contributed by atoms with Gasteiger partial charge in [0.1, 0.15) is 0 Å². The van der Waals surface area contributed by atoms with Gasteiger partial charge in [-0.2, -0.15) is 0 Å². The van der Waals surface area contributed by atoms with Crippen LogP contribution in [0.25, 0.3) is 0 Å². The molecular formula is C27H42O4Si2. The molecule has 0 saturated carbocycles. The fourth-order valence-electron chi connectivity index (χ4n) is 3.86. The topological polar surface area (TPSA) is 44.8 Å². The highest BCUT2D eigenvalue weighted by molar-refractivity contribution is 6.99. The summed E-state index contributed by atoms with van der Waals surface area (Å²) in [7, 11) is -3.40. The van der Waals surface area contributed by atoms with E-state index in [-0.39, 0.29) is 22.5 Å². The number of hydrogen-bond acceptors (Lipinski definition) is 4. The van der Waals surface area contributed by atoms with Gasteiger partial charge >= 0.3 is 5.97 Å². The summed E-state index contributed by atoms with van der Waals surface area (Å²) in [6, 6.07) is 21.0. The Hall–Kier alpha value is -1.74. The Balaban J connectivity index is 2.58. The van der Waals surface area contributed by atoms with E-state index in [0.717, 1.165) is 0 Å². The van der Waals surface area contributed by atoms with Crippen LogP contribution in [0.3, 0.4) is 0 Å². The quantitative estimate of drug-likeness (QED) is 0.346. The second-order valence-electron chi connectivity index (χ2n) is 11.3. The minimum absolute atomic E-state index is 0.0697. The van der Waals surface area contributed by atoms with Crippen LogP contribution in [-0.2, 0) is 18.4 Å². The molecule has 0 unspecified atom stereocenters. The van der Waals surface area contributed by atoms with E-state index in [0.29, 0.717) is 6.61 Å². The number of hydrogen-bond donors (Lipinski definition) is 0. The van der Waals surface area contributed by atoms with Crippen molar-refractivity contribution in [2.45, 2.75) is 77.2 Å². The summed E-state index contributed by atoms with van der Waals surface area (Å²) in [5, 5.41) is 2.26. The number of ether oxygens (including phenoxy) is 1. The number of esters is 1.